The van der Waals surface area contributed by atoms with Crippen LogP contribution in [0.2, 0.25) is 19.6 Å². The van der Waals surface area contributed by atoms with Gasteiger partial charge in [0.1, 0.15) is 22.3 Å². The Morgan fingerprint density at radius 3 is 1.81 bits per heavy atom. The van der Waals surface area contributed by atoms with Crippen LogP contribution in [0.1, 0.15) is 16.7 Å². The van der Waals surface area contributed by atoms with Crippen LogP contribution in [-0.2, 0) is 20.1 Å². The first-order valence-corrected chi connectivity index (χ1v) is 20.8. The third kappa shape index (κ3) is 6.43. The quantitative estimate of drug-likeness (QED) is 0.131. The number of aryl methyl sites for hydroxylation is 3. The van der Waals surface area contributed by atoms with Crippen LogP contribution in [0, 0.1) is 32.9 Å². The molecule has 4 nitrogen and oxygen atoms in total. The third-order valence-electron chi connectivity index (χ3n) is 9.55. The molecule has 6 heteroatoms. The van der Waals surface area contributed by atoms with Crippen molar-refractivity contribution in [1.29, 1.82) is 0 Å². The predicted molar refractivity (Wildman–Crippen MR) is 214 cm³/mol. The summed E-state index contributed by atoms with van der Waals surface area (Å²) < 4.78 is 13.3. The SMILES string of the molecule is C[Si](C)(C)c1c2c(oc3ccccc32)c(-c2ccnc(-c3[c-]cccc3)c2)c2oc3ccccc3c12.Cc1c[c-]c(-c2cc(C)c(C)cn2)cc1.[Ir]. The number of hydrogen-bond acceptors (Lipinski definition) is 4. The monoisotopic (exact) mass is 871 g/mol. The summed E-state index contributed by atoms with van der Waals surface area (Å²) >= 11 is 0. The zero-order valence-corrected chi connectivity index (χ0v) is 33.5. The fraction of sp³-hybridized carbons (Fsp3) is 0.130. The van der Waals surface area contributed by atoms with E-state index in [4.69, 9.17) is 8.83 Å². The largest absolute Gasteiger partial charge is 0.455 e. The number of nitrogens with zero attached hydrogens (tertiary/aromatic N) is 2. The van der Waals surface area contributed by atoms with Crippen molar-refractivity contribution in [3.63, 3.8) is 0 Å². The third-order valence-corrected chi connectivity index (χ3v) is 11.5. The molecule has 1 radical (unpaired) electrons. The molecule has 0 saturated heterocycles. The van der Waals surface area contributed by atoms with Gasteiger partial charge in [-0.05, 0) is 59.7 Å². The molecule has 0 amide bonds. The van der Waals surface area contributed by atoms with Gasteiger partial charge in [0.2, 0.25) is 0 Å². The van der Waals surface area contributed by atoms with Gasteiger partial charge in [-0.15, -0.1) is 71.3 Å². The molecule has 0 spiro atoms. The Morgan fingerprint density at radius 1 is 0.615 bits per heavy atom. The first-order valence-electron chi connectivity index (χ1n) is 17.3. The van der Waals surface area contributed by atoms with Gasteiger partial charge in [-0.3, -0.25) is 0 Å². The minimum atomic E-state index is -1.85. The van der Waals surface area contributed by atoms with Crippen LogP contribution in [0.15, 0.2) is 130 Å². The number of benzene rings is 5. The summed E-state index contributed by atoms with van der Waals surface area (Å²) in [5.74, 6) is 0. The Hall–Kier alpha value is -5.13. The molecule has 9 rings (SSSR count). The molecule has 259 valence electrons. The summed E-state index contributed by atoms with van der Waals surface area (Å²) in [7, 11) is -1.85. The fourth-order valence-electron chi connectivity index (χ4n) is 6.90. The predicted octanol–water partition coefficient (Wildman–Crippen LogP) is 12.0. The molecule has 0 aliphatic carbocycles. The van der Waals surface area contributed by atoms with Crippen LogP contribution < -0.4 is 5.19 Å². The van der Waals surface area contributed by atoms with Crippen molar-refractivity contribution in [2.24, 2.45) is 0 Å². The Bertz CT molecular complexity index is 2610. The van der Waals surface area contributed by atoms with Gasteiger partial charge >= 0.3 is 0 Å². The summed E-state index contributed by atoms with van der Waals surface area (Å²) in [6, 6.07) is 43.6. The molecule has 4 aromatic heterocycles. The minimum absolute atomic E-state index is 0. The molecule has 9 aromatic rings. The molecule has 5 aromatic carbocycles. The Kier molecular flexibility index (Phi) is 9.58. The van der Waals surface area contributed by atoms with Crippen molar-refractivity contribution >= 4 is 57.1 Å². The Balaban J connectivity index is 0.000000222. The Morgan fingerprint density at radius 2 is 1.23 bits per heavy atom. The van der Waals surface area contributed by atoms with Crippen LogP contribution in [-0.4, -0.2) is 18.0 Å². The number of hydrogen-bond donors (Lipinski definition) is 0. The van der Waals surface area contributed by atoms with Crippen LogP contribution in [0.4, 0.5) is 0 Å². The summed E-state index contributed by atoms with van der Waals surface area (Å²) in [6.45, 7) is 13.5. The van der Waals surface area contributed by atoms with Crippen LogP contribution in [0.25, 0.3) is 77.5 Å². The molecule has 52 heavy (non-hydrogen) atoms. The maximum Gasteiger partial charge on any atom is 0.146 e. The van der Waals surface area contributed by atoms with Crippen LogP contribution >= 0.6 is 0 Å². The van der Waals surface area contributed by atoms with Crippen LogP contribution in [0.3, 0.4) is 0 Å². The zero-order valence-electron chi connectivity index (χ0n) is 30.1. The van der Waals surface area contributed by atoms with E-state index in [-0.39, 0.29) is 20.1 Å². The van der Waals surface area contributed by atoms with Gasteiger partial charge < -0.3 is 18.8 Å². The average molecular weight is 871 g/mol. The molecule has 0 saturated carbocycles. The second-order valence-corrected chi connectivity index (χ2v) is 19.2. The number of fused-ring (bicyclic) bond motifs is 6. The molecule has 0 aliphatic rings. The van der Waals surface area contributed by atoms with Gasteiger partial charge in [0.05, 0.1) is 13.6 Å². The minimum Gasteiger partial charge on any atom is -0.455 e. The number of rotatable bonds is 4. The molecule has 0 N–H and O–H groups in total. The number of pyridine rings is 2. The first-order chi connectivity index (χ1) is 24.7. The summed E-state index contributed by atoms with van der Waals surface area (Å²) in [5.41, 5.74) is 13.2. The molecular weight excluding hydrogens is 833 g/mol. The van der Waals surface area contributed by atoms with E-state index in [2.05, 4.69) is 129 Å². The van der Waals surface area contributed by atoms with Crippen molar-refractivity contribution in [1.82, 2.24) is 9.97 Å². The number of aromatic nitrogens is 2. The normalized spacial score (nSPS) is 11.5. The van der Waals surface area contributed by atoms with E-state index < -0.39 is 8.07 Å². The van der Waals surface area contributed by atoms with Gasteiger partial charge in [-0.1, -0.05) is 80.7 Å². The zero-order chi connectivity index (χ0) is 35.3. The summed E-state index contributed by atoms with van der Waals surface area (Å²) in [6.07, 6.45) is 3.78. The van der Waals surface area contributed by atoms with E-state index in [1.165, 1.54) is 32.6 Å². The van der Waals surface area contributed by atoms with Crippen molar-refractivity contribution in [2.75, 3.05) is 0 Å². The van der Waals surface area contributed by atoms with Crippen molar-refractivity contribution in [3.8, 4) is 33.6 Å². The van der Waals surface area contributed by atoms with Gasteiger partial charge in [-0.2, -0.15) is 0 Å². The van der Waals surface area contributed by atoms with Crippen molar-refractivity contribution in [2.45, 2.75) is 40.4 Å². The fourth-order valence-corrected chi connectivity index (χ4v) is 8.90. The molecule has 4 heterocycles. The van der Waals surface area contributed by atoms with E-state index in [9.17, 15) is 0 Å². The molecular formula is C46H38IrN2O2Si-2. The molecule has 0 fully saturated rings. The average Bonchev–Trinajstić information content (AvgIpc) is 3.71. The van der Waals surface area contributed by atoms with E-state index in [0.717, 1.165) is 66.7 Å². The van der Waals surface area contributed by atoms with Gasteiger partial charge in [0.15, 0.2) is 0 Å². The molecule has 0 bridgehead atoms. The molecule has 0 atom stereocenters. The van der Waals surface area contributed by atoms with Gasteiger partial charge in [0.25, 0.3) is 0 Å². The maximum atomic E-state index is 6.66. The van der Waals surface area contributed by atoms with Crippen molar-refractivity contribution in [3.05, 3.63) is 150 Å². The molecule has 0 unspecified atom stereocenters. The van der Waals surface area contributed by atoms with E-state index >= 15 is 0 Å². The smallest absolute Gasteiger partial charge is 0.146 e. The maximum absolute atomic E-state index is 6.66. The second kappa shape index (κ2) is 14.1. The number of furan rings is 2. The van der Waals surface area contributed by atoms with E-state index in [1.807, 2.05) is 54.9 Å². The summed E-state index contributed by atoms with van der Waals surface area (Å²) in [4.78, 5) is 9.06. The second-order valence-electron chi connectivity index (χ2n) is 14.2. The Labute approximate surface area is 318 Å². The summed E-state index contributed by atoms with van der Waals surface area (Å²) in [5, 5.41) is 6.12. The van der Waals surface area contributed by atoms with Crippen LogP contribution in [0.5, 0.6) is 0 Å². The van der Waals surface area contributed by atoms with Crippen molar-refractivity contribution < 1.29 is 28.9 Å². The molecule has 0 aliphatic heterocycles. The van der Waals surface area contributed by atoms with E-state index in [0.29, 0.717) is 0 Å². The topological polar surface area (TPSA) is 52.1 Å². The standard InChI is InChI=1S/C32H24NO2Si.C14H14N.Ir/c1-36(2,3)32-28-22-13-7-9-15-25(22)34-30(28)27(31-29(32)23-14-8-10-16-26(23)35-31)21-17-18-33-24(19-21)20-11-5-4-6-12-20;1-10-4-6-13(7-5-10)14-8-11(2)12(3)9-15-14;/h4-11,13-19H,1-3H3;4-6,8-9H,1-3H3;/q2*-1;. The first kappa shape index (κ1) is 35.3. The van der Waals surface area contributed by atoms with E-state index in [1.54, 1.807) is 0 Å². The van der Waals surface area contributed by atoms with Gasteiger partial charge in [0, 0.05) is 54.0 Å². The van der Waals surface area contributed by atoms with Gasteiger partial charge in [-0.25, -0.2) is 0 Å². The number of para-hydroxylation sites is 2.